The maximum absolute atomic E-state index is 11.5. The molecule has 1 atom stereocenters. The van der Waals surface area contributed by atoms with Crippen LogP contribution < -0.4 is 10.2 Å². The van der Waals surface area contributed by atoms with Crippen molar-refractivity contribution in [3.05, 3.63) is 41.2 Å². The van der Waals surface area contributed by atoms with Crippen molar-refractivity contribution >= 4 is 34.5 Å². The molecule has 4 heterocycles. The van der Waals surface area contributed by atoms with Crippen LogP contribution in [-0.4, -0.2) is 49.5 Å². The minimum atomic E-state index is -0.221. The Morgan fingerprint density at radius 3 is 2.80 bits per heavy atom. The van der Waals surface area contributed by atoms with Gasteiger partial charge in [-0.15, -0.1) is 0 Å². The highest BCUT2D eigenvalue weighted by molar-refractivity contribution is 6.30. The Kier molecular flexibility index (Phi) is 5.36. The molecule has 158 valence electrons. The number of carbonyl (C=O) groups is 1. The molecule has 3 aromatic rings. The second kappa shape index (κ2) is 7.83. The number of anilines is 1. The van der Waals surface area contributed by atoms with Crippen molar-refractivity contribution in [3.63, 3.8) is 0 Å². The first kappa shape index (κ1) is 20.5. The number of amides is 1. The topological polar surface area (TPSA) is 88.8 Å². The van der Waals surface area contributed by atoms with Crippen molar-refractivity contribution in [1.29, 1.82) is 0 Å². The Hall–Kier alpha value is -2.74. The summed E-state index contributed by atoms with van der Waals surface area (Å²) in [6.07, 6.45) is 4.33. The van der Waals surface area contributed by atoms with Crippen LogP contribution in [0.5, 0.6) is 0 Å². The SMILES string of the molecule is CC(=O)N[C@H]1CCN(c2nc(C(C)(C)C)nc3c2ncn3Cc2cccnc2Cl)C1. The van der Waals surface area contributed by atoms with E-state index in [0.29, 0.717) is 18.2 Å². The van der Waals surface area contributed by atoms with Crippen LogP contribution in [0.2, 0.25) is 5.15 Å². The zero-order valence-corrected chi connectivity index (χ0v) is 18.4. The summed E-state index contributed by atoms with van der Waals surface area (Å²) >= 11 is 6.27. The number of rotatable bonds is 4. The molecule has 0 bridgehead atoms. The fourth-order valence-corrected chi connectivity index (χ4v) is 3.86. The van der Waals surface area contributed by atoms with Crippen LogP contribution in [0.25, 0.3) is 11.2 Å². The van der Waals surface area contributed by atoms with E-state index >= 15 is 0 Å². The van der Waals surface area contributed by atoms with E-state index in [0.717, 1.165) is 41.3 Å². The number of nitrogens with one attached hydrogen (secondary N) is 1. The molecule has 1 saturated heterocycles. The maximum Gasteiger partial charge on any atom is 0.217 e. The Morgan fingerprint density at radius 2 is 2.10 bits per heavy atom. The van der Waals surface area contributed by atoms with Gasteiger partial charge in [-0.3, -0.25) is 4.79 Å². The molecular formula is C21H26ClN7O. The molecule has 1 aliphatic heterocycles. The van der Waals surface area contributed by atoms with Crippen LogP contribution in [-0.2, 0) is 16.8 Å². The van der Waals surface area contributed by atoms with E-state index in [-0.39, 0.29) is 17.4 Å². The van der Waals surface area contributed by atoms with Crippen molar-refractivity contribution in [2.45, 2.75) is 52.1 Å². The van der Waals surface area contributed by atoms with E-state index in [9.17, 15) is 4.79 Å². The first-order chi connectivity index (χ1) is 14.2. The predicted octanol–water partition coefficient (Wildman–Crippen LogP) is 2.94. The molecule has 4 rings (SSSR count). The summed E-state index contributed by atoms with van der Waals surface area (Å²) in [6, 6.07) is 3.93. The van der Waals surface area contributed by atoms with Gasteiger partial charge in [0, 0.05) is 43.2 Å². The van der Waals surface area contributed by atoms with E-state index < -0.39 is 0 Å². The highest BCUT2D eigenvalue weighted by Crippen LogP contribution is 2.30. The highest BCUT2D eigenvalue weighted by atomic mass is 35.5. The number of imidazole rings is 1. The van der Waals surface area contributed by atoms with Gasteiger partial charge in [-0.1, -0.05) is 38.4 Å². The molecule has 0 saturated carbocycles. The average Bonchev–Trinajstić information content (AvgIpc) is 3.29. The summed E-state index contributed by atoms with van der Waals surface area (Å²) in [5.41, 5.74) is 2.21. The maximum atomic E-state index is 11.5. The number of halogens is 1. The van der Waals surface area contributed by atoms with Gasteiger partial charge in [-0.25, -0.2) is 19.9 Å². The van der Waals surface area contributed by atoms with E-state index in [1.165, 1.54) is 0 Å². The number of nitrogens with zero attached hydrogens (tertiary/aromatic N) is 6. The zero-order chi connectivity index (χ0) is 21.5. The van der Waals surface area contributed by atoms with Gasteiger partial charge in [0.25, 0.3) is 0 Å². The summed E-state index contributed by atoms with van der Waals surface area (Å²) < 4.78 is 1.99. The molecule has 1 N–H and O–H groups in total. The lowest BCUT2D eigenvalue weighted by Gasteiger charge is -2.22. The summed E-state index contributed by atoms with van der Waals surface area (Å²) in [6.45, 7) is 9.88. The van der Waals surface area contributed by atoms with Crippen LogP contribution in [0.15, 0.2) is 24.7 Å². The van der Waals surface area contributed by atoms with E-state index in [4.69, 9.17) is 21.6 Å². The molecule has 0 unspecified atom stereocenters. The van der Waals surface area contributed by atoms with Gasteiger partial charge in [0.15, 0.2) is 17.0 Å². The first-order valence-corrected chi connectivity index (χ1v) is 10.4. The van der Waals surface area contributed by atoms with E-state index in [1.54, 1.807) is 19.4 Å². The molecule has 3 aromatic heterocycles. The third kappa shape index (κ3) is 4.09. The minimum absolute atomic E-state index is 0.0114. The molecule has 0 radical (unpaired) electrons. The Bertz CT molecular complexity index is 1090. The van der Waals surface area contributed by atoms with Crippen LogP contribution in [0.4, 0.5) is 5.82 Å². The summed E-state index contributed by atoms with van der Waals surface area (Å²) in [5.74, 6) is 1.56. The second-order valence-corrected chi connectivity index (χ2v) is 9.11. The highest BCUT2D eigenvalue weighted by Gasteiger charge is 2.29. The fourth-order valence-electron chi connectivity index (χ4n) is 3.68. The molecule has 9 heteroatoms. The summed E-state index contributed by atoms with van der Waals surface area (Å²) in [4.78, 5) is 32.2. The van der Waals surface area contributed by atoms with Gasteiger partial charge in [0.2, 0.25) is 5.91 Å². The minimum Gasteiger partial charge on any atom is -0.353 e. The fraction of sp³-hybridized carbons (Fsp3) is 0.476. The monoisotopic (exact) mass is 427 g/mol. The largest absolute Gasteiger partial charge is 0.353 e. The smallest absolute Gasteiger partial charge is 0.217 e. The number of aromatic nitrogens is 5. The van der Waals surface area contributed by atoms with Crippen molar-refractivity contribution in [2.24, 2.45) is 0 Å². The van der Waals surface area contributed by atoms with E-state index in [2.05, 4.69) is 41.0 Å². The number of pyridine rings is 1. The van der Waals surface area contributed by atoms with Gasteiger partial charge in [-0.2, -0.15) is 0 Å². The molecule has 1 fully saturated rings. The number of hydrogen-bond donors (Lipinski definition) is 1. The normalized spacial score (nSPS) is 17.0. The molecule has 0 aliphatic carbocycles. The van der Waals surface area contributed by atoms with Crippen LogP contribution >= 0.6 is 11.6 Å². The molecular weight excluding hydrogens is 402 g/mol. The van der Waals surface area contributed by atoms with Gasteiger partial charge >= 0.3 is 0 Å². The third-order valence-corrected chi connectivity index (χ3v) is 5.53. The first-order valence-electron chi connectivity index (χ1n) is 10.1. The molecule has 0 aromatic carbocycles. The summed E-state index contributed by atoms with van der Waals surface area (Å²) in [7, 11) is 0. The van der Waals surface area contributed by atoms with Crippen molar-refractivity contribution in [2.75, 3.05) is 18.0 Å². The van der Waals surface area contributed by atoms with Crippen LogP contribution in [0, 0.1) is 0 Å². The number of hydrogen-bond acceptors (Lipinski definition) is 6. The van der Waals surface area contributed by atoms with Gasteiger partial charge in [0.1, 0.15) is 11.0 Å². The molecule has 0 spiro atoms. The Labute approximate surface area is 180 Å². The molecule has 8 nitrogen and oxygen atoms in total. The molecule has 1 aliphatic rings. The van der Waals surface area contributed by atoms with Gasteiger partial charge < -0.3 is 14.8 Å². The lowest BCUT2D eigenvalue weighted by Crippen LogP contribution is -2.36. The quantitative estimate of drug-likeness (QED) is 0.644. The molecule has 1 amide bonds. The van der Waals surface area contributed by atoms with Crippen molar-refractivity contribution in [1.82, 2.24) is 29.8 Å². The van der Waals surface area contributed by atoms with Crippen molar-refractivity contribution in [3.8, 4) is 0 Å². The van der Waals surface area contributed by atoms with E-state index in [1.807, 2.05) is 16.7 Å². The number of carbonyl (C=O) groups excluding carboxylic acids is 1. The van der Waals surface area contributed by atoms with Crippen molar-refractivity contribution < 1.29 is 4.79 Å². The zero-order valence-electron chi connectivity index (χ0n) is 17.7. The number of fused-ring (bicyclic) bond motifs is 1. The Morgan fingerprint density at radius 1 is 1.30 bits per heavy atom. The second-order valence-electron chi connectivity index (χ2n) is 8.75. The Balaban J connectivity index is 1.76. The molecule has 30 heavy (non-hydrogen) atoms. The van der Waals surface area contributed by atoms with Gasteiger partial charge in [0.05, 0.1) is 12.9 Å². The van der Waals surface area contributed by atoms with Gasteiger partial charge in [-0.05, 0) is 12.5 Å². The average molecular weight is 428 g/mol. The lowest BCUT2D eigenvalue weighted by atomic mass is 9.96. The third-order valence-electron chi connectivity index (χ3n) is 5.19. The lowest BCUT2D eigenvalue weighted by molar-refractivity contribution is -0.119. The standard InChI is InChI=1S/C21H26ClN7O/c1-13(30)25-15-7-9-28(11-15)18-16-19(27-20(26-18)21(2,3)4)29(12-24-16)10-14-6-5-8-23-17(14)22/h5-6,8,12,15H,7,9-11H2,1-4H3,(H,25,30)/t15-/m0/s1. The predicted molar refractivity (Wildman–Crippen MR) is 117 cm³/mol. The van der Waals surface area contributed by atoms with Crippen LogP contribution in [0.1, 0.15) is 45.5 Å². The van der Waals surface area contributed by atoms with Crippen LogP contribution in [0.3, 0.4) is 0 Å². The summed E-state index contributed by atoms with van der Waals surface area (Å²) in [5, 5.41) is 3.48.